The molecule has 0 aliphatic carbocycles. The summed E-state index contributed by atoms with van der Waals surface area (Å²) in [4.78, 5) is 24.1. The molecule has 6 nitrogen and oxygen atoms in total. The lowest BCUT2D eigenvalue weighted by Gasteiger charge is -2.40. The van der Waals surface area contributed by atoms with Gasteiger partial charge in [0.25, 0.3) is 0 Å². The molecule has 1 spiro atoms. The lowest BCUT2D eigenvalue weighted by Crippen LogP contribution is -2.44. The average molecular weight is 380 g/mol. The average Bonchev–Trinajstić information content (AvgIpc) is 3.37. The zero-order valence-corrected chi connectivity index (χ0v) is 16.4. The number of hydrogen-bond donors (Lipinski definition) is 1. The van der Waals surface area contributed by atoms with Crippen LogP contribution in [0.15, 0.2) is 42.9 Å². The van der Waals surface area contributed by atoms with Crippen molar-refractivity contribution in [1.29, 1.82) is 0 Å². The maximum atomic E-state index is 12.6. The fourth-order valence-electron chi connectivity index (χ4n) is 4.55. The minimum atomic E-state index is 0.0939. The van der Waals surface area contributed by atoms with Crippen LogP contribution in [-0.4, -0.2) is 59.0 Å². The number of carbonyl (C=O) groups excluding carboxylic acids is 1. The number of hydrogen-bond acceptors (Lipinski definition) is 4. The van der Waals surface area contributed by atoms with Crippen molar-refractivity contribution < 1.29 is 9.53 Å². The number of carbonyl (C=O) groups is 1. The summed E-state index contributed by atoms with van der Waals surface area (Å²) in [5.41, 5.74) is 2.36. The third-order valence-electron chi connectivity index (χ3n) is 5.96. The first-order valence-electron chi connectivity index (χ1n) is 9.96. The smallest absolute Gasteiger partial charge is 0.246 e. The molecule has 0 bridgehead atoms. The van der Waals surface area contributed by atoms with Crippen LogP contribution in [0.2, 0.25) is 0 Å². The largest absolute Gasteiger partial charge is 0.497 e. The number of rotatable bonds is 5. The van der Waals surface area contributed by atoms with Crippen molar-refractivity contribution in [3.63, 3.8) is 0 Å². The van der Waals surface area contributed by atoms with Crippen LogP contribution in [0.4, 0.5) is 0 Å². The molecule has 2 aliphatic rings. The molecule has 6 heteroatoms. The van der Waals surface area contributed by atoms with Crippen molar-refractivity contribution in [2.24, 2.45) is 5.41 Å². The quantitative estimate of drug-likeness (QED) is 0.810. The number of benzene rings is 1. The Morgan fingerprint density at radius 2 is 2.25 bits per heavy atom. The lowest BCUT2D eigenvalue weighted by molar-refractivity contribution is -0.125. The predicted octanol–water partition coefficient (Wildman–Crippen LogP) is 2.95. The molecule has 3 heterocycles. The Balaban J connectivity index is 1.36. The molecule has 4 rings (SSSR count). The Morgan fingerprint density at radius 1 is 1.32 bits per heavy atom. The SMILES string of the molecule is COc1cccc(CN2CCC[C@@]3(CCN(C(=O)/C=C/c4cnc[nH]4)C3)C2)c1. The van der Waals surface area contributed by atoms with E-state index in [2.05, 4.69) is 33.1 Å². The number of imidazole rings is 1. The van der Waals surface area contributed by atoms with Gasteiger partial charge in [-0.1, -0.05) is 12.1 Å². The number of nitrogens with zero attached hydrogens (tertiary/aromatic N) is 3. The maximum Gasteiger partial charge on any atom is 0.246 e. The van der Waals surface area contributed by atoms with Crippen LogP contribution in [0.3, 0.4) is 0 Å². The van der Waals surface area contributed by atoms with Gasteiger partial charge in [-0.25, -0.2) is 4.98 Å². The number of aromatic nitrogens is 2. The fourth-order valence-corrected chi connectivity index (χ4v) is 4.55. The van der Waals surface area contributed by atoms with E-state index in [-0.39, 0.29) is 11.3 Å². The van der Waals surface area contributed by atoms with Gasteiger partial charge in [-0.15, -0.1) is 0 Å². The lowest BCUT2D eigenvalue weighted by atomic mass is 9.79. The predicted molar refractivity (Wildman–Crippen MR) is 109 cm³/mol. The summed E-state index contributed by atoms with van der Waals surface area (Å²) >= 11 is 0. The van der Waals surface area contributed by atoms with Gasteiger partial charge < -0.3 is 14.6 Å². The zero-order valence-electron chi connectivity index (χ0n) is 16.4. The molecule has 1 N–H and O–H groups in total. The van der Waals surface area contributed by atoms with Gasteiger partial charge in [0.2, 0.25) is 5.91 Å². The number of likely N-dealkylation sites (tertiary alicyclic amines) is 2. The van der Waals surface area contributed by atoms with Gasteiger partial charge in [0, 0.05) is 37.7 Å². The van der Waals surface area contributed by atoms with Crippen molar-refractivity contribution in [1.82, 2.24) is 19.8 Å². The van der Waals surface area contributed by atoms with E-state index in [4.69, 9.17) is 4.74 Å². The molecule has 2 aromatic rings. The maximum absolute atomic E-state index is 12.6. The van der Waals surface area contributed by atoms with E-state index in [1.54, 1.807) is 31.8 Å². The van der Waals surface area contributed by atoms with E-state index < -0.39 is 0 Å². The van der Waals surface area contributed by atoms with Gasteiger partial charge in [-0.05, 0) is 49.6 Å². The Bertz CT molecular complexity index is 833. The highest BCUT2D eigenvalue weighted by molar-refractivity contribution is 5.91. The van der Waals surface area contributed by atoms with Gasteiger partial charge in [0.05, 0.1) is 25.3 Å². The van der Waals surface area contributed by atoms with Crippen LogP contribution in [-0.2, 0) is 11.3 Å². The Morgan fingerprint density at radius 3 is 3.07 bits per heavy atom. The molecule has 0 saturated carbocycles. The van der Waals surface area contributed by atoms with Crippen molar-refractivity contribution >= 4 is 12.0 Å². The highest BCUT2D eigenvalue weighted by Gasteiger charge is 2.42. The summed E-state index contributed by atoms with van der Waals surface area (Å²) in [6, 6.07) is 8.31. The number of piperidine rings is 1. The fraction of sp³-hybridized carbons (Fsp3) is 0.455. The molecule has 148 valence electrons. The van der Waals surface area contributed by atoms with Crippen molar-refractivity contribution in [3.05, 3.63) is 54.1 Å². The highest BCUT2D eigenvalue weighted by atomic mass is 16.5. The number of methoxy groups -OCH3 is 1. The Kier molecular flexibility index (Phi) is 5.48. The number of aromatic amines is 1. The molecule has 0 radical (unpaired) electrons. The summed E-state index contributed by atoms with van der Waals surface area (Å²) in [7, 11) is 1.71. The van der Waals surface area contributed by atoms with Gasteiger partial charge in [0.15, 0.2) is 0 Å². The minimum absolute atomic E-state index is 0.0939. The van der Waals surface area contributed by atoms with Crippen LogP contribution in [0.1, 0.15) is 30.5 Å². The molecular formula is C22H28N4O2. The molecule has 1 amide bonds. The molecule has 2 aliphatic heterocycles. The second-order valence-electron chi connectivity index (χ2n) is 8.02. The topological polar surface area (TPSA) is 61.5 Å². The summed E-state index contributed by atoms with van der Waals surface area (Å²) in [5, 5.41) is 0. The van der Waals surface area contributed by atoms with E-state index >= 15 is 0 Å². The number of amides is 1. The van der Waals surface area contributed by atoms with E-state index in [0.717, 1.165) is 50.6 Å². The van der Waals surface area contributed by atoms with Crippen molar-refractivity contribution in [3.8, 4) is 5.75 Å². The molecule has 0 unspecified atom stereocenters. The summed E-state index contributed by atoms with van der Waals surface area (Å²) in [6.07, 6.45) is 10.3. The normalized spacial score (nSPS) is 23.0. The van der Waals surface area contributed by atoms with Crippen LogP contribution in [0.25, 0.3) is 6.08 Å². The summed E-state index contributed by atoms with van der Waals surface area (Å²) in [5.74, 6) is 1.00. The summed E-state index contributed by atoms with van der Waals surface area (Å²) in [6.45, 7) is 4.81. The minimum Gasteiger partial charge on any atom is -0.497 e. The number of H-pyrrole nitrogens is 1. The van der Waals surface area contributed by atoms with Gasteiger partial charge in [-0.3, -0.25) is 9.69 Å². The van der Waals surface area contributed by atoms with Crippen LogP contribution >= 0.6 is 0 Å². The first-order valence-corrected chi connectivity index (χ1v) is 9.96. The first kappa shape index (κ1) is 18.7. The second-order valence-corrected chi connectivity index (χ2v) is 8.02. The molecular weight excluding hydrogens is 352 g/mol. The standard InChI is InChI=1S/C22H28N4O2/c1-28-20-5-2-4-18(12-20)14-25-10-3-8-22(15-25)9-11-26(16-22)21(27)7-6-19-13-23-17-24-19/h2,4-7,12-13,17H,3,8-11,14-16H2,1H3,(H,23,24)/b7-6+/t22-/m1/s1. The zero-order chi connectivity index (χ0) is 19.4. The first-order chi connectivity index (χ1) is 13.7. The monoisotopic (exact) mass is 380 g/mol. The second kappa shape index (κ2) is 8.19. The molecule has 2 fully saturated rings. The Labute approximate surface area is 166 Å². The van der Waals surface area contributed by atoms with Crippen LogP contribution < -0.4 is 4.74 Å². The molecule has 28 heavy (non-hydrogen) atoms. The third kappa shape index (κ3) is 4.28. The summed E-state index contributed by atoms with van der Waals surface area (Å²) < 4.78 is 5.35. The van der Waals surface area contributed by atoms with Gasteiger partial charge >= 0.3 is 0 Å². The molecule has 1 aromatic carbocycles. The van der Waals surface area contributed by atoms with E-state index in [1.165, 1.54) is 18.4 Å². The van der Waals surface area contributed by atoms with Gasteiger partial charge in [-0.2, -0.15) is 0 Å². The number of ether oxygens (including phenoxy) is 1. The van der Waals surface area contributed by atoms with Crippen molar-refractivity contribution in [2.45, 2.75) is 25.8 Å². The van der Waals surface area contributed by atoms with E-state index in [9.17, 15) is 4.79 Å². The molecule has 1 atom stereocenters. The molecule has 1 aromatic heterocycles. The Hall–Kier alpha value is -2.60. The van der Waals surface area contributed by atoms with Crippen LogP contribution in [0, 0.1) is 5.41 Å². The van der Waals surface area contributed by atoms with Crippen molar-refractivity contribution in [2.75, 3.05) is 33.3 Å². The van der Waals surface area contributed by atoms with E-state index in [0.29, 0.717) is 0 Å². The highest BCUT2D eigenvalue weighted by Crippen LogP contribution is 2.39. The third-order valence-corrected chi connectivity index (χ3v) is 5.96. The number of nitrogens with one attached hydrogen (secondary N) is 1. The molecule has 2 saturated heterocycles. The van der Waals surface area contributed by atoms with Crippen LogP contribution in [0.5, 0.6) is 5.75 Å². The van der Waals surface area contributed by atoms with E-state index in [1.807, 2.05) is 11.0 Å². The van der Waals surface area contributed by atoms with Gasteiger partial charge in [0.1, 0.15) is 5.75 Å².